The van der Waals surface area contributed by atoms with Crippen molar-refractivity contribution in [2.75, 3.05) is 4.90 Å². The van der Waals surface area contributed by atoms with Crippen molar-refractivity contribution in [3.8, 4) is 0 Å². The second-order valence-electron chi connectivity index (χ2n) is 15.3. The summed E-state index contributed by atoms with van der Waals surface area (Å²) in [6, 6.07) is 58.0. The van der Waals surface area contributed by atoms with Crippen LogP contribution in [0.25, 0.3) is 22.1 Å². The smallest absolute Gasteiger partial charge is 0.141 e. The molecule has 0 amide bonds. The third-order valence-electron chi connectivity index (χ3n) is 12.3. The first-order valence-corrected chi connectivity index (χ1v) is 20.0. The van der Waals surface area contributed by atoms with Gasteiger partial charge in [-0.2, -0.15) is 0 Å². The number of para-hydroxylation sites is 2. The zero-order valence-corrected chi connectivity index (χ0v) is 31.2. The molecular weight excluding hydrogens is 675 g/mol. The van der Waals surface area contributed by atoms with Crippen molar-refractivity contribution in [2.45, 2.75) is 41.5 Å². The van der Waals surface area contributed by atoms with Crippen molar-refractivity contribution in [1.29, 1.82) is 0 Å². The van der Waals surface area contributed by atoms with Gasteiger partial charge in [0, 0.05) is 49.5 Å². The lowest BCUT2D eigenvalue weighted by molar-refractivity contribution is 0.486. The third-order valence-corrected chi connectivity index (χ3v) is 13.4. The summed E-state index contributed by atoms with van der Waals surface area (Å²) in [6.07, 6.45) is 6.04. The predicted molar refractivity (Wildman–Crippen MR) is 223 cm³/mol. The highest BCUT2D eigenvalue weighted by molar-refractivity contribution is 7.99. The number of allylic oxidation sites excluding steroid dienone is 4. The molecule has 54 heavy (non-hydrogen) atoms. The van der Waals surface area contributed by atoms with Crippen molar-refractivity contribution >= 4 is 39.6 Å². The molecule has 4 aliphatic rings. The highest BCUT2D eigenvalue weighted by Gasteiger charge is 2.52. The van der Waals surface area contributed by atoms with Gasteiger partial charge in [-0.05, 0) is 81.8 Å². The largest absolute Gasteiger partial charge is 0.456 e. The number of benzene rings is 6. The Bertz CT molecular complexity index is 2670. The summed E-state index contributed by atoms with van der Waals surface area (Å²) in [7, 11) is 0. The van der Waals surface area contributed by atoms with Gasteiger partial charge in [0.25, 0.3) is 0 Å². The van der Waals surface area contributed by atoms with Crippen molar-refractivity contribution < 1.29 is 4.42 Å². The molecule has 0 bridgehead atoms. The van der Waals surface area contributed by atoms with Crippen LogP contribution in [0.1, 0.15) is 65.5 Å². The number of fused-ring (bicyclic) bond motifs is 11. The van der Waals surface area contributed by atoms with Crippen molar-refractivity contribution in [2.24, 2.45) is 11.8 Å². The van der Waals surface area contributed by atoms with Gasteiger partial charge in [0.05, 0.1) is 11.5 Å². The van der Waals surface area contributed by atoms with Crippen molar-refractivity contribution in [3.63, 3.8) is 0 Å². The highest BCUT2D eigenvalue weighted by atomic mass is 32.2. The van der Waals surface area contributed by atoms with Crippen LogP contribution in [0.3, 0.4) is 0 Å². The summed E-state index contributed by atoms with van der Waals surface area (Å²) < 4.78 is 6.89. The first kappa shape index (κ1) is 31.7. The molecule has 3 heteroatoms. The van der Waals surface area contributed by atoms with Gasteiger partial charge in [0.1, 0.15) is 11.3 Å². The van der Waals surface area contributed by atoms with E-state index >= 15 is 0 Å². The summed E-state index contributed by atoms with van der Waals surface area (Å²) in [5.74, 6) is 1.43. The monoisotopic (exact) mass is 713 g/mol. The molecule has 2 nitrogen and oxygen atoms in total. The van der Waals surface area contributed by atoms with Crippen LogP contribution < -0.4 is 4.90 Å². The Morgan fingerprint density at radius 3 is 2.00 bits per heavy atom. The molecule has 260 valence electrons. The maximum absolute atomic E-state index is 6.89. The van der Waals surface area contributed by atoms with E-state index in [0.29, 0.717) is 0 Å². The average molecular weight is 714 g/mol. The second kappa shape index (κ2) is 12.1. The molecule has 2 heterocycles. The number of furan rings is 1. The van der Waals surface area contributed by atoms with Gasteiger partial charge < -0.3 is 9.32 Å². The Kier molecular flexibility index (Phi) is 7.13. The normalized spacial score (nSPS) is 20.4. The first-order chi connectivity index (χ1) is 26.6. The lowest BCUT2D eigenvalue weighted by Crippen LogP contribution is -2.38. The number of rotatable bonds is 4. The quantitative estimate of drug-likeness (QED) is 0.181. The molecule has 11 rings (SSSR count). The SMILES string of the molecule is CC1CC2=C(C=C1N(c1ccccc1)C1c3c(oc4ccccc34)C(c3ccccc3)=C[C@@H]1C)C1(c3ccccc3Sc3ccccc31)c1ccccc12. The summed E-state index contributed by atoms with van der Waals surface area (Å²) in [5, 5.41) is 1.19. The van der Waals surface area contributed by atoms with E-state index in [4.69, 9.17) is 4.42 Å². The van der Waals surface area contributed by atoms with E-state index in [1.165, 1.54) is 76.7 Å². The van der Waals surface area contributed by atoms with Gasteiger partial charge in [-0.1, -0.05) is 159 Å². The Hall–Kier alpha value is -5.77. The molecule has 0 N–H and O–H groups in total. The Balaban J connectivity index is 1.19. The molecule has 0 radical (unpaired) electrons. The summed E-state index contributed by atoms with van der Waals surface area (Å²) in [4.78, 5) is 5.36. The fourth-order valence-electron chi connectivity index (χ4n) is 10.1. The van der Waals surface area contributed by atoms with E-state index in [9.17, 15) is 0 Å². The fraction of sp³-hybridized carbons (Fsp3) is 0.137. The maximum Gasteiger partial charge on any atom is 0.141 e. The lowest BCUT2D eigenvalue weighted by atomic mass is 9.65. The van der Waals surface area contributed by atoms with Crippen LogP contribution in [0.4, 0.5) is 5.69 Å². The minimum absolute atomic E-state index is 0.00979. The molecule has 3 atom stereocenters. The Labute approximate surface area is 321 Å². The molecular formula is C51H39NOS. The Morgan fingerprint density at radius 2 is 1.26 bits per heavy atom. The van der Waals surface area contributed by atoms with Crippen LogP contribution in [-0.2, 0) is 5.41 Å². The zero-order chi connectivity index (χ0) is 36.0. The standard InChI is InChI=1S/C51H39NOS/c1-32-29-39-36-21-9-11-23-40(36)51(41-24-12-15-27-46(41)54-47-28-16-13-25-42(47)51)43(39)31-44(32)52(35-19-7-4-8-20-35)49-33(2)30-38(34-17-5-3-6-18-34)50-48(49)37-22-10-14-26-45(37)53-50/h3-28,30-33,49H,29H2,1-2H3/t32?,33-,49?/m0/s1. The van der Waals surface area contributed by atoms with Crippen LogP contribution in [-0.4, -0.2) is 0 Å². The number of anilines is 1. The molecule has 7 aromatic rings. The van der Waals surface area contributed by atoms with Gasteiger partial charge in [0.15, 0.2) is 0 Å². The topological polar surface area (TPSA) is 16.4 Å². The van der Waals surface area contributed by atoms with E-state index in [-0.39, 0.29) is 17.9 Å². The van der Waals surface area contributed by atoms with Crippen LogP contribution in [0.2, 0.25) is 0 Å². The molecule has 0 fully saturated rings. The third kappa shape index (κ3) is 4.42. The molecule has 6 aromatic carbocycles. The molecule has 1 spiro atoms. The first-order valence-electron chi connectivity index (χ1n) is 19.2. The summed E-state index contributed by atoms with van der Waals surface area (Å²) >= 11 is 1.91. The van der Waals surface area contributed by atoms with Crippen molar-refractivity contribution in [3.05, 3.63) is 220 Å². The highest BCUT2D eigenvalue weighted by Crippen LogP contribution is 2.64. The van der Waals surface area contributed by atoms with E-state index in [2.05, 4.69) is 189 Å². The molecule has 3 aliphatic carbocycles. The molecule has 0 saturated carbocycles. The van der Waals surface area contributed by atoms with Crippen LogP contribution in [0.5, 0.6) is 0 Å². The van der Waals surface area contributed by atoms with Crippen molar-refractivity contribution in [1.82, 2.24) is 0 Å². The number of nitrogens with zero attached hydrogens (tertiary/aromatic N) is 1. The molecule has 1 aliphatic heterocycles. The van der Waals surface area contributed by atoms with E-state index in [1.54, 1.807) is 0 Å². The minimum Gasteiger partial charge on any atom is -0.456 e. The number of hydrogen-bond donors (Lipinski definition) is 0. The predicted octanol–water partition coefficient (Wildman–Crippen LogP) is 13.3. The maximum atomic E-state index is 6.89. The van der Waals surface area contributed by atoms with Gasteiger partial charge >= 0.3 is 0 Å². The second-order valence-corrected chi connectivity index (χ2v) is 16.3. The van der Waals surface area contributed by atoms with Gasteiger partial charge in [-0.25, -0.2) is 0 Å². The molecule has 0 saturated heterocycles. The fourth-order valence-corrected chi connectivity index (χ4v) is 11.3. The van der Waals surface area contributed by atoms with Gasteiger partial charge in [-0.3, -0.25) is 0 Å². The van der Waals surface area contributed by atoms with Gasteiger partial charge in [-0.15, -0.1) is 0 Å². The summed E-state index contributed by atoms with van der Waals surface area (Å²) in [6.45, 7) is 4.83. The summed E-state index contributed by atoms with van der Waals surface area (Å²) in [5.41, 5.74) is 15.2. The average Bonchev–Trinajstić information content (AvgIpc) is 3.74. The van der Waals surface area contributed by atoms with Gasteiger partial charge in [0.2, 0.25) is 0 Å². The van der Waals surface area contributed by atoms with Crippen LogP contribution in [0, 0.1) is 11.8 Å². The van der Waals surface area contributed by atoms with E-state index in [0.717, 1.165) is 17.8 Å². The number of hydrogen-bond acceptors (Lipinski definition) is 3. The van der Waals surface area contributed by atoms with Crippen LogP contribution in [0.15, 0.2) is 195 Å². The Morgan fingerprint density at radius 1 is 0.648 bits per heavy atom. The van der Waals surface area contributed by atoms with E-state index in [1.807, 2.05) is 11.8 Å². The van der Waals surface area contributed by atoms with Crippen LogP contribution >= 0.6 is 11.8 Å². The zero-order valence-electron chi connectivity index (χ0n) is 30.4. The van der Waals surface area contributed by atoms with E-state index < -0.39 is 5.41 Å². The lowest BCUT2D eigenvalue weighted by Gasteiger charge is -2.45. The molecule has 2 unspecified atom stereocenters. The minimum atomic E-state index is -0.413. The molecule has 1 aromatic heterocycles.